The fraction of sp³-hybridized carbons (Fsp3) is 0.211. The molecule has 1 atom stereocenters. The zero-order valence-electron chi connectivity index (χ0n) is 15.1. The van der Waals surface area contributed by atoms with Gasteiger partial charge in [-0.15, -0.1) is 0 Å². The lowest BCUT2D eigenvalue weighted by molar-refractivity contribution is -0.120. The smallest absolute Gasteiger partial charge is 0.251 e. The predicted molar refractivity (Wildman–Crippen MR) is 100 cm³/mol. The second kappa shape index (κ2) is 9.75. The fourth-order valence-corrected chi connectivity index (χ4v) is 4.05. The summed E-state index contributed by atoms with van der Waals surface area (Å²) < 4.78 is 51.9. The van der Waals surface area contributed by atoms with Gasteiger partial charge in [-0.1, -0.05) is 24.3 Å². The van der Waals surface area contributed by atoms with Gasteiger partial charge in [-0.3, -0.25) is 9.59 Å². The molecule has 10 heteroatoms. The van der Waals surface area contributed by atoms with Gasteiger partial charge in [0.2, 0.25) is 5.91 Å². The van der Waals surface area contributed by atoms with Crippen LogP contribution in [-0.2, 0) is 20.4 Å². The number of rotatable bonds is 8. The van der Waals surface area contributed by atoms with Gasteiger partial charge < -0.3 is 10.6 Å². The Morgan fingerprint density at radius 3 is 2.34 bits per heavy atom. The summed E-state index contributed by atoms with van der Waals surface area (Å²) in [5.41, 5.74) is 0.207. The molecule has 0 saturated heterocycles. The highest BCUT2D eigenvalue weighted by Gasteiger charge is 2.33. The van der Waals surface area contributed by atoms with E-state index >= 15 is 0 Å². The summed E-state index contributed by atoms with van der Waals surface area (Å²) in [4.78, 5) is 24.5. The molecule has 7 nitrogen and oxygen atoms in total. The number of carbonyl (C=O) groups excluding carboxylic acids is 2. The van der Waals surface area contributed by atoms with Crippen LogP contribution in [-0.4, -0.2) is 38.6 Å². The highest BCUT2D eigenvalue weighted by Crippen LogP contribution is 2.15. The number of halogens is 2. The first-order valence-electron chi connectivity index (χ1n) is 8.38. The van der Waals surface area contributed by atoms with Crippen molar-refractivity contribution >= 4 is 21.7 Å². The quantitative estimate of drug-likeness (QED) is 0.624. The minimum Gasteiger partial charge on any atom is -0.350 e. The zero-order chi connectivity index (χ0) is 21.4. The van der Waals surface area contributed by atoms with Gasteiger partial charge in [0.25, 0.3) is 5.91 Å². The Balaban J connectivity index is 2.21. The molecular formula is C19H17F2N3O4S. The largest absolute Gasteiger partial charge is 0.350 e. The second-order valence-corrected chi connectivity index (χ2v) is 8.18. The van der Waals surface area contributed by atoms with E-state index in [4.69, 9.17) is 5.26 Å². The molecule has 0 aliphatic rings. The summed E-state index contributed by atoms with van der Waals surface area (Å²) in [6.07, 6.45) is 0. The first-order chi connectivity index (χ1) is 13.7. The lowest BCUT2D eigenvalue weighted by Crippen LogP contribution is -2.47. The normalized spacial score (nSPS) is 11.9. The Bertz CT molecular complexity index is 1040. The number of nitrogens with zero attached hydrogens (tertiary/aromatic N) is 1. The molecule has 2 N–H and O–H groups in total. The molecule has 2 amide bonds. The summed E-state index contributed by atoms with van der Waals surface area (Å²) in [5, 5.41) is 11.4. The van der Waals surface area contributed by atoms with Crippen molar-refractivity contribution in [1.29, 1.82) is 5.26 Å². The van der Waals surface area contributed by atoms with Gasteiger partial charge in [0, 0.05) is 12.1 Å². The Morgan fingerprint density at radius 2 is 1.72 bits per heavy atom. The van der Waals surface area contributed by atoms with Gasteiger partial charge in [0.1, 0.15) is 6.54 Å². The van der Waals surface area contributed by atoms with Gasteiger partial charge in [-0.25, -0.2) is 17.2 Å². The highest BCUT2D eigenvalue weighted by atomic mass is 32.2. The molecule has 2 aromatic rings. The summed E-state index contributed by atoms with van der Waals surface area (Å²) in [6.45, 7) is -0.986. The molecule has 0 heterocycles. The average Bonchev–Trinajstić information content (AvgIpc) is 2.69. The van der Waals surface area contributed by atoms with Gasteiger partial charge in [0.15, 0.2) is 26.7 Å². The van der Waals surface area contributed by atoms with Gasteiger partial charge in [0.05, 0.1) is 11.8 Å². The van der Waals surface area contributed by atoms with Crippen molar-refractivity contribution in [3.8, 4) is 6.07 Å². The molecule has 0 saturated carbocycles. The molecule has 0 unspecified atom stereocenters. The SMILES string of the molecule is N#CCNC(=O)[C@@H](CNC(=O)c1ccccc1)S(=O)(=O)Cc1ccc(F)c(F)c1. The van der Waals surface area contributed by atoms with Crippen molar-refractivity contribution in [2.24, 2.45) is 0 Å². The predicted octanol–water partition coefficient (Wildman–Crippen LogP) is 1.32. The molecule has 29 heavy (non-hydrogen) atoms. The molecule has 0 aromatic heterocycles. The standard InChI is InChI=1S/C19H17F2N3O4S/c20-15-7-6-13(10-16(15)21)12-29(27,28)17(19(26)23-9-8-22)11-24-18(25)14-4-2-1-3-5-14/h1-7,10,17H,9,11-12H2,(H,23,26)(H,24,25)/t17-/m1/s1. The van der Waals surface area contributed by atoms with Crippen molar-refractivity contribution < 1.29 is 26.8 Å². The molecule has 2 aromatic carbocycles. The minimum absolute atomic E-state index is 0.0589. The topological polar surface area (TPSA) is 116 Å². The van der Waals surface area contributed by atoms with Gasteiger partial charge >= 0.3 is 0 Å². The van der Waals surface area contributed by atoms with Crippen molar-refractivity contribution in [1.82, 2.24) is 10.6 Å². The monoisotopic (exact) mass is 421 g/mol. The number of amides is 2. The van der Waals surface area contributed by atoms with Crippen LogP contribution < -0.4 is 10.6 Å². The molecule has 152 valence electrons. The van der Waals surface area contributed by atoms with Crippen LogP contribution in [0.25, 0.3) is 0 Å². The van der Waals surface area contributed by atoms with Gasteiger partial charge in [-0.2, -0.15) is 5.26 Å². The third-order valence-corrected chi connectivity index (χ3v) is 5.89. The molecule has 0 fully saturated rings. The fourth-order valence-electron chi connectivity index (χ4n) is 2.46. The van der Waals surface area contributed by atoms with Crippen molar-refractivity contribution in [3.63, 3.8) is 0 Å². The third kappa shape index (κ3) is 6.08. The lowest BCUT2D eigenvalue weighted by atomic mass is 10.2. The van der Waals surface area contributed by atoms with Crippen LogP contribution in [0.3, 0.4) is 0 Å². The number of hydrogen-bond acceptors (Lipinski definition) is 5. The molecule has 0 radical (unpaired) electrons. The average molecular weight is 421 g/mol. The maximum absolute atomic E-state index is 13.4. The first-order valence-corrected chi connectivity index (χ1v) is 10.1. The summed E-state index contributed by atoms with van der Waals surface area (Å²) in [5.74, 6) is -4.69. The number of carbonyl (C=O) groups is 2. The number of sulfone groups is 1. The molecule has 0 aliphatic carbocycles. The maximum Gasteiger partial charge on any atom is 0.251 e. The van der Waals surface area contributed by atoms with Crippen molar-refractivity contribution in [2.45, 2.75) is 11.0 Å². The Hall–Kier alpha value is -3.32. The summed E-state index contributed by atoms with van der Waals surface area (Å²) in [7, 11) is -4.24. The van der Waals surface area contributed by atoms with Crippen LogP contribution in [0.4, 0.5) is 8.78 Å². The van der Waals surface area contributed by atoms with Crippen LogP contribution in [0.2, 0.25) is 0 Å². The highest BCUT2D eigenvalue weighted by molar-refractivity contribution is 7.92. The Labute approximate surface area is 166 Å². The zero-order valence-corrected chi connectivity index (χ0v) is 15.9. The lowest BCUT2D eigenvalue weighted by Gasteiger charge is -2.17. The van der Waals surface area contributed by atoms with E-state index < -0.39 is 57.4 Å². The van der Waals surface area contributed by atoms with Crippen LogP contribution in [0.1, 0.15) is 15.9 Å². The first kappa shape index (κ1) is 22.0. The number of benzene rings is 2. The van der Waals surface area contributed by atoms with Crippen molar-refractivity contribution in [3.05, 3.63) is 71.3 Å². The Kier molecular flexibility index (Phi) is 7.39. The second-order valence-electron chi connectivity index (χ2n) is 6.00. The molecule has 0 spiro atoms. The van der Waals surface area contributed by atoms with Crippen LogP contribution in [0.5, 0.6) is 0 Å². The maximum atomic E-state index is 13.4. The molecule has 0 bridgehead atoms. The minimum atomic E-state index is -4.24. The van der Waals surface area contributed by atoms with E-state index in [-0.39, 0.29) is 11.1 Å². The van der Waals surface area contributed by atoms with E-state index in [0.29, 0.717) is 0 Å². The number of hydrogen-bond donors (Lipinski definition) is 2. The third-order valence-electron chi connectivity index (χ3n) is 3.90. The van der Waals surface area contributed by atoms with Gasteiger partial charge in [-0.05, 0) is 29.8 Å². The summed E-state index contributed by atoms with van der Waals surface area (Å²) in [6, 6.07) is 12.2. The summed E-state index contributed by atoms with van der Waals surface area (Å²) >= 11 is 0. The van der Waals surface area contributed by atoms with E-state index in [0.717, 1.165) is 18.2 Å². The van der Waals surface area contributed by atoms with E-state index in [1.165, 1.54) is 12.1 Å². The van der Waals surface area contributed by atoms with E-state index in [9.17, 15) is 26.8 Å². The Morgan fingerprint density at radius 1 is 1.03 bits per heavy atom. The van der Waals surface area contributed by atoms with Crippen LogP contribution in [0.15, 0.2) is 48.5 Å². The number of nitrogens with one attached hydrogen (secondary N) is 2. The molecular weight excluding hydrogens is 404 g/mol. The molecule has 0 aliphatic heterocycles. The molecule has 2 rings (SSSR count). The van der Waals surface area contributed by atoms with Crippen LogP contribution in [0, 0.1) is 23.0 Å². The van der Waals surface area contributed by atoms with Crippen molar-refractivity contribution in [2.75, 3.05) is 13.1 Å². The van der Waals surface area contributed by atoms with E-state index in [1.807, 2.05) is 0 Å². The number of nitriles is 1. The van der Waals surface area contributed by atoms with E-state index in [1.54, 1.807) is 24.3 Å². The van der Waals surface area contributed by atoms with Crippen LogP contribution >= 0.6 is 0 Å². The van der Waals surface area contributed by atoms with E-state index in [2.05, 4.69) is 10.6 Å².